The van der Waals surface area contributed by atoms with Gasteiger partial charge in [-0.05, 0) is 61.4 Å². The maximum absolute atomic E-state index is 13.2. The summed E-state index contributed by atoms with van der Waals surface area (Å²) in [6, 6.07) is 18.9. The van der Waals surface area contributed by atoms with Gasteiger partial charge in [-0.1, -0.05) is 24.3 Å². The van der Waals surface area contributed by atoms with Crippen LogP contribution in [0, 0.1) is 13.8 Å². The van der Waals surface area contributed by atoms with Crippen LogP contribution in [0.25, 0.3) is 5.69 Å². The van der Waals surface area contributed by atoms with E-state index in [2.05, 4.69) is 30.5 Å². The van der Waals surface area contributed by atoms with Gasteiger partial charge in [-0.2, -0.15) is 0 Å². The van der Waals surface area contributed by atoms with E-state index in [4.69, 9.17) is 5.73 Å². The molecule has 5 heteroatoms. The van der Waals surface area contributed by atoms with Crippen molar-refractivity contribution in [1.82, 2.24) is 9.47 Å². The first kappa shape index (κ1) is 18.0. The molecular weight excluding hydrogens is 350 g/mol. The molecule has 28 heavy (non-hydrogen) atoms. The zero-order valence-corrected chi connectivity index (χ0v) is 16.1. The lowest BCUT2D eigenvalue weighted by atomic mass is 9.93. The first-order valence-corrected chi connectivity index (χ1v) is 9.38. The van der Waals surface area contributed by atoms with Crippen LogP contribution >= 0.6 is 0 Å². The maximum atomic E-state index is 13.2. The molecule has 2 N–H and O–H groups in total. The Labute approximate surface area is 164 Å². The van der Waals surface area contributed by atoms with Gasteiger partial charge in [0.2, 0.25) is 5.91 Å². The van der Waals surface area contributed by atoms with Crippen LogP contribution in [0.2, 0.25) is 0 Å². The van der Waals surface area contributed by atoms with Gasteiger partial charge < -0.3 is 15.2 Å². The minimum Gasteiger partial charge on any atom is -0.368 e. The molecule has 1 aliphatic heterocycles. The smallest absolute Gasteiger partial charge is 0.254 e. The lowest BCUT2D eigenvalue weighted by Crippen LogP contribution is -2.51. The molecule has 1 atom stereocenters. The maximum Gasteiger partial charge on any atom is 0.254 e. The molecule has 0 fully saturated rings. The Hall–Kier alpha value is -3.34. The summed E-state index contributed by atoms with van der Waals surface area (Å²) in [7, 11) is 0. The number of carbonyl (C=O) groups excluding carboxylic acids is 2. The molecule has 5 nitrogen and oxygen atoms in total. The van der Waals surface area contributed by atoms with Crippen molar-refractivity contribution >= 4 is 11.8 Å². The van der Waals surface area contributed by atoms with Crippen LogP contribution < -0.4 is 5.73 Å². The average molecular weight is 373 g/mol. The number of aromatic nitrogens is 1. The quantitative estimate of drug-likeness (QED) is 0.766. The number of hydrogen-bond acceptors (Lipinski definition) is 2. The molecule has 0 unspecified atom stereocenters. The molecule has 1 aromatic heterocycles. The van der Waals surface area contributed by atoms with Gasteiger partial charge in [0.05, 0.1) is 0 Å². The van der Waals surface area contributed by atoms with Gasteiger partial charge in [0.25, 0.3) is 5.91 Å². The van der Waals surface area contributed by atoms with Crippen molar-refractivity contribution in [2.24, 2.45) is 5.73 Å². The third-order valence-electron chi connectivity index (χ3n) is 5.48. The van der Waals surface area contributed by atoms with E-state index in [1.54, 1.807) is 4.90 Å². The number of primary amides is 1. The lowest BCUT2D eigenvalue weighted by Gasteiger charge is -2.35. The Morgan fingerprint density at radius 3 is 2.11 bits per heavy atom. The van der Waals surface area contributed by atoms with Crippen molar-refractivity contribution in [2.75, 3.05) is 0 Å². The number of benzene rings is 2. The van der Waals surface area contributed by atoms with Gasteiger partial charge >= 0.3 is 0 Å². The molecule has 0 saturated heterocycles. The zero-order valence-electron chi connectivity index (χ0n) is 16.1. The SMILES string of the molecule is Cc1ccc(C)n1-c1ccc(C(=O)N2Cc3ccccc3C[C@@H]2C(N)=O)cc1. The Balaban J connectivity index is 1.64. The fraction of sp³-hybridized carbons (Fsp3) is 0.217. The number of rotatable bonds is 3. The number of aryl methyl sites for hydroxylation is 2. The molecule has 0 aliphatic carbocycles. The first-order chi connectivity index (χ1) is 13.5. The number of nitrogens with two attached hydrogens (primary N) is 1. The molecule has 1 aliphatic rings. The van der Waals surface area contributed by atoms with E-state index in [-0.39, 0.29) is 5.91 Å². The monoisotopic (exact) mass is 373 g/mol. The van der Waals surface area contributed by atoms with E-state index in [0.717, 1.165) is 28.2 Å². The topological polar surface area (TPSA) is 68.3 Å². The highest BCUT2D eigenvalue weighted by molar-refractivity contribution is 5.97. The summed E-state index contributed by atoms with van der Waals surface area (Å²) in [6.07, 6.45) is 0.455. The minimum absolute atomic E-state index is 0.175. The third kappa shape index (κ3) is 3.09. The van der Waals surface area contributed by atoms with E-state index in [0.29, 0.717) is 18.5 Å². The molecule has 0 radical (unpaired) electrons. The Bertz CT molecular complexity index is 1030. The largest absolute Gasteiger partial charge is 0.368 e. The van der Waals surface area contributed by atoms with Crippen LogP contribution in [0.3, 0.4) is 0 Å². The molecule has 3 aromatic rings. The second-order valence-electron chi connectivity index (χ2n) is 7.32. The van der Waals surface area contributed by atoms with Gasteiger partial charge in [0, 0.05) is 35.6 Å². The summed E-state index contributed by atoms with van der Waals surface area (Å²) < 4.78 is 2.14. The number of nitrogens with zero attached hydrogens (tertiary/aromatic N) is 2. The number of fused-ring (bicyclic) bond motifs is 1. The summed E-state index contributed by atoms with van der Waals surface area (Å²) in [4.78, 5) is 26.8. The molecular formula is C23H23N3O2. The highest BCUT2D eigenvalue weighted by atomic mass is 16.2. The lowest BCUT2D eigenvalue weighted by molar-refractivity contribution is -0.122. The van der Waals surface area contributed by atoms with Gasteiger partial charge in [0.15, 0.2) is 0 Å². The van der Waals surface area contributed by atoms with Gasteiger partial charge in [-0.15, -0.1) is 0 Å². The molecule has 2 amide bonds. The van der Waals surface area contributed by atoms with Crippen LogP contribution in [0.4, 0.5) is 0 Å². The summed E-state index contributed by atoms with van der Waals surface area (Å²) in [5.74, 6) is -0.649. The molecule has 2 heterocycles. The highest BCUT2D eigenvalue weighted by Crippen LogP contribution is 2.25. The van der Waals surface area contributed by atoms with Crippen LogP contribution in [0.1, 0.15) is 32.9 Å². The second-order valence-corrected chi connectivity index (χ2v) is 7.32. The first-order valence-electron chi connectivity index (χ1n) is 9.38. The molecule has 142 valence electrons. The van der Waals surface area contributed by atoms with E-state index in [1.165, 1.54) is 0 Å². The van der Waals surface area contributed by atoms with Gasteiger partial charge in [-0.25, -0.2) is 0 Å². The molecule has 2 aromatic carbocycles. The standard InChI is InChI=1S/C23H23N3O2/c1-15-7-8-16(2)26(15)20-11-9-17(10-12-20)23(28)25-14-19-6-4-3-5-18(19)13-21(25)22(24)27/h3-12,21H,13-14H2,1-2H3,(H2,24,27)/t21-/m1/s1. The Morgan fingerprint density at radius 2 is 1.50 bits per heavy atom. The van der Waals surface area contributed by atoms with Crippen molar-refractivity contribution in [3.05, 3.63) is 88.7 Å². The third-order valence-corrected chi connectivity index (χ3v) is 5.48. The van der Waals surface area contributed by atoms with Crippen LogP contribution in [-0.2, 0) is 17.8 Å². The highest BCUT2D eigenvalue weighted by Gasteiger charge is 2.33. The van der Waals surface area contributed by atoms with Crippen LogP contribution in [-0.4, -0.2) is 27.3 Å². The van der Waals surface area contributed by atoms with Crippen molar-refractivity contribution in [3.63, 3.8) is 0 Å². The number of carbonyl (C=O) groups is 2. The fourth-order valence-corrected chi connectivity index (χ4v) is 3.99. The van der Waals surface area contributed by atoms with E-state index in [1.807, 2.05) is 48.5 Å². The van der Waals surface area contributed by atoms with Gasteiger partial charge in [-0.3, -0.25) is 9.59 Å². The predicted octanol–water partition coefficient (Wildman–Crippen LogP) is 3.15. The summed E-state index contributed by atoms with van der Waals surface area (Å²) in [6.45, 7) is 4.49. The number of hydrogen-bond donors (Lipinski definition) is 1. The van der Waals surface area contributed by atoms with Crippen molar-refractivity contribution in [2.45, 2.75) is 32.9 Å². The van der Waals surface area contributed by atoms with E-state index < -0.39 is 11.9 Å². The van der Waals surface area contributed by atoms with Crippen molar-refractivity contribution in [3.8, 4) is 5.69 Å². The predicted molar refractivity (Wildman–Crippen MR) is 108 cm³/mol. The van der Waals surface area contributed by atoms with Crippen LogP contribution in [0.5, 0.6) is 0 Å². The summed E-state index contributed by atoms with van der Waals surface area (Å²) in [5, 5.41) is 0. The Kier molecular flexibility index (Phi) is 4.51. The van der Waals surface area contributed by atoms with E-state index >= 15 is 0 Å². The Morgan fingerprint density at radius 1 is 0.893 bits per heavy atom. The zero-order chi connectivity index (χ0) is 19.8. The molecule has 0 saturated carbocycles. The minimum atomic E-state index is -0.629. The summed E-state index contributed by atoms with van der Waals surface area (Å²) >= 11 is 0. The van der Waals surface area contributed by atoms with Crippen LogP contribution in [0.15, 0.2) is 60.7 Å². The van der Waals surface area contributed by atoms with E-state index in [9.17, 15) is 9.59 Å². The normalized spacial score (nSPS) is 15.9. The molecule has 4 rings (SSSR count). The fourth-order valence-electron chi connectivity index (χ4n) is 3.99. The summed E-state index contributed by atoms with van der Waals surface area (Å²) in [5.41, 5.74) is 11.6. The molecule has 0 bridgehead atoms. The molecule has 0 spiro atoms. The second kappa shape index (κ2) is 7.00. The van der Waals surface area contributed by atoms with Gasteiger partial charge in [0.1, 0.15) is 6.04 Å². The van der Waals surface area contributed by atoms with Crippen molar-refractivity contribution < 1.29 is 9.59 Å². The number of amides is 2. The average Bonchev–Trinajstić information content (AvgIpc) is 3.04. The van der Waals surface area contributed by atoms with Crippen molar-refractivity contribution in [1.29, 1.82) is 0 Å².